The molecule has 0 spiro atoms. The fourth-order valence-electron chi connectivity index (χ4n) is 4.32. The maximum Gasteiger partial charge on any atom is 0.229 e. The Morgan fingerprint density at radius 2 is 2.00 bits per heavy atom. The molecule has 134 valence electrons. The molecule has 1 saturated heterocycles. The Hall–Kier alpha value is -2.11. The van der Waals surface area contributed by atoms with Crippen molar-refractivity contribution in [2.45, 2.75) is 64.8 Å². The molecule has 2 aliphatic rings. The molecule has 4 rings (SSSR count). The van der Waals surface area contributed by atoms with E-state index < -0.39 is 0 Å². The van der Waals surface area contributed by atoms with Gasteiger partial charge in [-0.1, -0.05) is 0 Å². The maximum absolute atomic E-state index is 12.9. The molecular formula is C19H26N4O2. The van der Waals surface area contributed by atoms with Gasteiger partial charge in [0.15, 0.2) is 0 Å². The van der Waals surface area contributed by atoms with Crippen molar-refractivity contribution in [2.24, 2.45) is 0 Å². The van der Waals surface area contributed by atoms with Crippen LogP contribution in [0.15, 0.2) is 10.5 Å². The van der Waals surface area contributed by atoms with Crippen molar-refractivity contribution in [2.75, 3.05) is 13.1 Å². The van der Waals surface area contributed by atoms with E-state index >= 15 is 0 Å². The molecule has 0 N–H and O–H groups in total. The van der Waals surface area contributed by atoms with Crippen LogP contribution in [0, 0.1) is 13.8 Å². The van der Waals surface area contributed by atoms with Crippen molar-refractivity contribution in [3.8, 4) is 0 Å². The van der Waals surface area contributed by atoms with Gasteiger partial charge in [-0.15, -0.1) is 10.2 Å². The molecule has 1 amide bonds. The van der Waals surface area contributed by atoms with Gasteiger partial charge in [0.1, 0.15) is 23.2 Å². The highest BCUT2D eigenvalue weighted by Crippen LogP contribution is 2.31. The van der Waals surface area contributed by atoms with Gasteiger partial charge in [-0.25, -0.2) is 0 Å². The van der Waals surface area contributed by atoms with Crippen LogP contribution in [-0.2, 0) is 17.8 Å². The number of hydrogen-bond acceptors (Lipinski definition) is 4. The molecule has 6 nitrogen and oxygen atoms in total. The van der Waals surface area contributed by atoms with Gasteiger partial charge < -0.3 is 13.9 Å². The van der Waals surface area contributed by atoms with E-state index in [-0.39, 0.29) is 11.8 Å². The molecule has 25 heavy (non-hydrogen) atoms. The topological polar surface area (TPSA) is 64.2 Å². The van der Waals surface area contributed by atoms with E-state index in [2.05, 4.69) is 14.8 Å². The Morgan fingerprint density at radius 3 is 2.68 bits per heavy atom. The lowest BCUT2D eigenvalue weighted by atomic mass is 9.93. The van der Waals surface area contributed by atoms with Crippen molar-refractivity contribution in [3.63, 3.8) is 0 Å². The van der Waals surface area contributed by atoms with Crippen LogP contribution in [0.4, 0.5) is 0 Å². The normalized spacial score (nSPS) is 19.2. The van der Waals surface area contributed by atoms with Crippen LogP contribution < -0.4 is 0 Å². The van der Waals surface area contributed by atoms with Crippen LogP contribution in [0.25, 0.3) is 0 Å². The summed E-state index contributed by atoms with van der Waals surface area (Å²) >= 11 is 0. The summed E-state index contributed by atoms with van der Waals surface area (Å²) in [6.07, 6.45) is 4.17. The minimum atomic E-state index is -0.147. The molecule has 0 unspecified atom stereocenters. The van der Waals surface area contributed by atoms with E-state index in [0.29, 0.717) is 5.92 Å². The van der Waals surface area contributed by atoms with Crippen molar-refractivity contribution in [1.29, 1.82) is 0 Å². The average Bonchev–Trinajstić information content (AvgIpc) is 3.29. The molecule has 0 bridgehead atoms. The number of aryl methyl sites for hydroxylation is 3. The highest BCUT2D eigenvalue weighted by atomic mass is 16.3. The van der Waals surface area contributed by atoms with Gasteiger partial charge in [0.25, 0.3) is 0 Å². The Balaban J connectivity index is 1.41. The number of furan rings is 1. The van der Waals surface area contributed by atoms with Gasteiger partial charge in [-0.3, -0.25) is 4.79 Å². The Morgan fingerprint density at radius 1 is 1.24 bits per heavy atom. The molecule has 0 radical (unpaired) electrons. The number of carbonyl (C=O) groups is 1. The molecule has 2 aromatic heterocycles. The molecule has 4 heterocycles. The highest BCUT2D eigenvalue weighted by Gasteiger charge is 2.31. The van der Waals surface area contributed by atoms with Gasteiger partial charge in [-0.05, 0) is 46.1 Å². The SMILES string of the molecule is Cc1cc([C@@H](C)C(=O)N2CCC(c3nnc4n3CCC4)CC2)c(C)o1. The molecule has 6 heteroatoms. The summed E-state index contributed by atoms with van der Waals surface area (Å²) in [5.41, 5.74) is 1.01. The second-order valence-corrected chi connectivity index (χ2v) is 7.42. The Labute approximate surface area is 148 Å². The minimum absolute atomic E-state index is 0.147. The molecule has 2 aromatic rings. The van der Waals surface area contributed by atoms with Crippen molar-refractivity contribution in [1.82, 2.24) is 19.7 Å². The number of likely N-dealkylation sites (tertiary alicyclic amines) is 1. The summed E-state index contributed by atoms with van der Waals surface area (Å²) in [6.45, 7) is 8.49. The van der Waals surface area contributed by atoms with Gasteiger partial charge in [0.2, 0.25) is 5.91 Å². The van der Waals surface area contributed by atoms with Gasteiger partial charge in [0.05, 0.1) is 5.92 Å². The fourth-order valence-corrected chi connectivity index (χ4v) is 4.32. The first kappa shape index (κ1) is 16.4. The third-order valence-corrected chi connectivity index (χ3v) is 5.73. The van der Waals surface area contributed by atoms with Crippen molar-refractivity contribution < 1.29 is 9.21 Å². The summed E-state index contributed by atoms with van der Waals surface area (Å²) in [5.74, 6) is 4.47. The number of piperidine rings is 1. The third-order valence-electron chi connectivity index (χ3n) is 5.73. The zero-order valence-corrected chi connectivity index (χ0v) is 15.3. The average molecular weight is 342 g/mol. The largest absolute Gasteiger partial charge is 0.466 e. The van der Waals surface area contributed by atoms with Gasteiger partial charge >= 0.3 is 0 Å². The van der Waals surface area contributed by atoms with Gasteiger partial charge in [-0.2, -0.15) is 0 Å². The first-order chi connectivity index (χ1) is 12.0. The van der Waals surface area contributed by atoms with Crippen LogP contribution in [0.1, 0.15) is 66.8 Å². The summed E-state index contributed by atoms with van der Waals surface area (Å²) < 4.78 is 7.89. The van der Waals surface area contributed by atoms with Crippen LogP contribution in [0.2, 0.25) is 0 Å². The fraction of sp³-hybridized carbons (Fsp3) is 0.632. The summed E-state index contributed by atoms with van der Waals surface area (Å²) in [7, 11) is 0. The first-order valence-electron chi connectivity index (χ1n) is 9.32. The van der Waals surface area contributed by atoms with E-state index in [4.69, 9.17) is 4.42 Å². The Kier molecular flexibility index (Phi) is 4.13. The molecule has 0 saturated carbocycles. The van der Waals surface area contributed by atoms with E-state index in [1.807, 2.05) is 31.7 Å². The number of fused-ring (bicyclic) bond motifs is 1. The second kappa shape index (κ2) is 6.32. The lowest BCUT2D eigenvalue weighted by molar-refractivity contribution is -0.133. The molecule has 1 fully saturated rings. The van der Waals surface area contributed by atoms with Crippen LogP contribution >= 0.6 is 0 Å². The van der Waals surface area contributed by atoms with E-state index in [1.54, 1.807) is 0 Å². The monoisotopic (exact) mass is 342 g/mol. The number of hydrogen-bond donors (Lipinski definition) is 0. The predicted molar refractivity (Wildman–Crippen MR) is 93.5 cm³/mol. The number of carbonyl (C=O) groups excluding carboxylic acids is 1. The number of rotatable bonds is 3. The summed E-state index contributed by atoms with van der Waals surface area (Å²) in [5, 5.41) is 8.75. The number of nitrogens with zero attached hydrogens (tertiary/aromatic N) is 4. The van der Waals surface area contributed by atoms with Crippen molar-refractivity contribution in [3.05, 3.63) is 34.8 Å². The maximum atomic E-state index is 12.9. The van der Waals surface area contributed by atoms with Crippen LogP contribution in [0.5, 0.6) is 0 Å². The van der Waals surface area contributed by atoms with Crippen LogP contribution in [0.3, 0.4) is 0 Å². The van der Waals surface area contributed by atoms with Gasteiger partial charge in [0, 0.05) is 37.5 Å². The van der Waals surface area contributed by atoms with E-state index in [1.165, 1.54) is 6.42 Å². The van der Waals surface area contributed by atoms with Crippen LogP contribution in [-0.4, -0.2) is 38.7 Å². The van der Waals surface area contributed by atoms with Crippen molar-refractivity contribution >= 4 is 5.91 Å². The molecule has 1 atom stereocenters. The number of aromatic nitrogens is 3. The smallest absolute Gasteiger partial charge is 0.229 e. The summed E-state index contributed by atoms with van der Waals surface area (Å²) in [6, 6.07) is 1.99. The predicted octanol–water partition coefficient (Wildman–Crippen LogP) is 2.94. The molecule has 0 aromatic carbocycles. The lowest BCUT2D eigenvalue weighted by Crippen LogP contribution is -2.40. The highest BCUT2D eigenvalue weighted by molar-refractivity contribution is 5.83. The first-order valence-corrected chi connectivity index (χ1v) is 9.32. The summed E-state index contributed by atoms with van der Waals surface area (Å²) in [4.78, 5) is 14.9. The second-order valence-electron chi connectivity index (χ2n) is 7.42. The molecule has 2 aliphatic heterocycles. The zero-order chi connectivity index (χ0) is 17.6. The zero-order valence-electron chi connectivity index (χ0n) is 15.3. The lowest BCUT2D eigenvalue weighted by Gasteiger charge is -2.33. The number of amides is 1. The molecule has 0 aliphatic carbocycles. The third kappa shape index (κ3) is 2.87. The Bertz CT molecular complexity index is 783. The standard InChI is InChI=1S/C19H26N4O2/c1-12-11-16(14(3)25-12)13(2)19(24)22-9-6-15(7-10-22)18-21-20-17-5-4-8-23(17)18/h11,13,15H,4-10H2,1-3H3/t13-/m1/s1. The minimum Gasteiger partial charge on any atom is -0.466 e. The van der Waals surface area contributed by atoms with E-state index in [0.717, 1.165) is 67.6 Å². The quantitative estimate of drug-likeness (QED) is 0.860. The molecular weight excluding hydrogens is 316 g/mol. The van der Waals surface area contributed by atoms with E-state index in [9.17, 15) is 4.79 Å².